The van der Waals surface area contributed by atoms with Crippen LogP contribution in [0.2, 0.25) is 10.0 Å². The smallest absolute Gasteiger partial charge is 0.238 e. The number of amides is 1. The zero-order valence-corrected chi connectivity index (χ0v) is 13.5. The molecule has 1 aliphatic heterocycles. The maximum absolute atomic E-state index is 12.1. The highest BCUT2D eigenvalue weighted by atomic mass is 35.5. The fourth-order valence-corrected chi connectivity index (χ4v) is 3.13. The Kier molecular flexibility index (Phi) is 5.32. The summed E-state index contributed by atoms with van der Waals surface area (Å²) in [6, 6.07) is 3.35. The molecule has 7 heteroatoms. The standard InChI is InChI=1S/C14H19Cl2N3O2/c1-8-12(3-4-21-8)19(2)7-13(20)18-14-10(15)5-9(17)6-11(14)16/h5-6,8,12H,3-4,7,17H2,1-2H3,(H,18,20). The fraction of sp³-hybridized carbons (Fsp3) is 0.500. The van der Waals surface area contributed by atoms with Crippen LogP contribution < -0.4 is 11.1 Å². The van der Waals surface area contributed by atoms with Crippen LogP contribution in [0.5, 0.6) is 0 Å². The molecule has 1 fully saturated rings. The van der Waals surface area contributed by atoms with E-state index in [1.54, 1.807) is 12.1 Å². The van der Waals surface area contributed by atoms with Gasteiger partial charge in [0.2, 0.25) is 5.91 Å². The van der Waals surface area contributed by atoms with Crippen LogP contribution in [0.15, 0.2) is 12.1 Å². The third-order valence-electron chi connectivity index (χ3n) is 3.62. The summed E-state index contributed by atoms with van der Waals surface area (Å²) >= 11 is 12.1. The van der Waals surface area contributed by atoms with Gasteiger partial charge in [0, 0.05) is 18.3 Å². The van der Waals surface area contributed by atoms with Crippen LogP contribution in [-0.2, 0) is 9.53 Å². The van der Waals surface area contributed by atoms with Crippen molar-refractivity contribution in [1.82, 2.24) is 4.90 Å². The number of halogens is 2. The van der Waals surface area contributed by atoms with Crippen molar-refractivity contribution in [2.45, 2.75) is 25.5 Å². The van der Waals surface area contributed by atoms with Crippen molar-refractivity contribution in [1.29, 1.82) is 0 Å². The van der Waals surface area contributed by atoms with Gasteiger partial charge in [0.15, 0.2) is 0 Å². The van der Waals surface area contributed by atoms with Gasteiger partial charge in [0.25, 0.3) is 0 Å². The molecule has 0 radical (unpaired) electrons. The molecule has 0 saturated carbocycles. The molecule has 2 atom stereocenters. The number of nitrogens with two attached hydrogens (primary N) is 1. The molecule has 2 unspecified atom stereocenters. The van der Waals surface area contributed by atoms with Gasteiger partial charge in [-0.2, -0.15) is 0 Å². The van der Waals surface area contributed by atoms with Crippen LogP contribution in [-0.4, -0.2) is 43.2 Å². The number of ether oxygens (including phenoxy) is 1. The first kappa shape index (κ1) is 16.4. The van der Waals surface area contributed by atoms with Crippen molar-refractivity contribution in [2.24, 2.45) is 0 Å². The van der Waals surface area contributed by atoms with Gasteiger partial charge in [-0.05, 0) is 32.5 Å². The molecule has 1 aliphatic rings. The molecular formula is C14H19Cl2N3O2. The topological polar surface area (TPSA) is 67.6 Å². The average Bonchev–Trinajstić information content (AvgIpc) is 2.80. The highest BCUT2D eigenvalue weighted by Gasteiger charge is 2.28. The summed E-state index contributed by atoms with van der Waals surface area (Å²) < 4.78 is 5.51. The first-order valence-electron chi connectivity index (χ1n) is 6.74. The Labute approximate surface area is 134 Å². The molecule has 0 aromatic heterocycles. The molecule has 1 saturated heterocycles. The quantitative estimate of drug-likeness (QED) is 0.832. The summed E-state index contributed by atoms with van der Waals surface area (Å²) in [5, 5.41) is 3.39. The van der Waals surface area contributed by atoms with Crippen LogP contribution in [0, 0.1) is 0 Å². The molecule has 1 amide bonds. The van der Waals surface area contributed by atoms with E-state index in [0.29, 0.717) is 21.4 Å². The molecule has 2 rings (SSSR count). The average molecular weight is 332 g/mol. The SMILES string of the molecule is CC1OCCC1N(C)CC(=O)Nc1c(Cl)cc(N)cc1Cl. The number of hydrogen-bond acceptors (Lipinski definition) is 4. The van der Waals surface area contributed by atoms with E-state index in [1.807, 2.05) is 18.9 Å². The Bertz CT molecular complexity index is 516. The lowest BCUT2D eigenvalue weighted by Gasteiger charge is -2.26. The Morgan fingerprint density at radius 1 is 1.48 bits per heavy atom. The van der Waals surface area contributed by atoms with Gasteiger partial charge in [0.05, 0.1) is 28.4 Å². The Balaban J connectivity index is 1.99. The van der Waals surface area contributed by atoms with Gasteiger partial charge in [-0.3, -0.25) is 9.69 Å². The third-order valence-corrected chi connectivity index (χ3v) is 4.22. The molecule has 1 aromatic carbocycles. The molecule has 116 valence electrons. The lowest BCUT2D eigenvalue weighted by atomic mass is 10.1. The zero-order chi connectivity index (χ0) is 15.6. The second-order valence-electron chi connectivity index (χ2n) is 5.25. The van der Waals surface area contributed by atoms with E-state index in [2.05, 4.69) is 5.32 Å². The van der Waals surface area contributed by atoms with Crippen LogP contribution in [0.3, 0.4) is 0 Å². The predicted octanol–water partition coefficient (Wildman–Crippen LogP) is 2.62. The number of hydrogen-bond donors (Lipinski definition) is 2. The minimum absolute atomic E-state index is 0.131. The number of benzene rings is 1. The highest BCUT2D eigenvalue weighted by Crippen LogP contribution is 2.32. The minimum Gasteiger partial charge on any atom is -0.399 e. The summed E-state index contributed by atoms with van der Waals surface area (Å²) in [7, 11) is 1.90. The molecule has 3 N–H and O–H groups in total. The van der Waals surface area contributed by atoms with Gasteiger partial charge in [-0.1, -0.05) is 23.2 Å². The van der Waals surface area contributed by atoms with Crippen LogP contribution >= 0.6 is 23.2 Å². The summed E-state index contributed by atoms with van der Waals surface area (Å²) in [6.45, 7) is 2.99. The molecule has 21 heavy (non-hydrogen) atoms. The van der Waals surface area contributed by atoms with Gasteiger partial charge in [-0.25, -0.2) is 0 Å². The minimum atomic E-state index is -0.176. The van der Waals surface area contributed by atoms with E-state index in [0.717, 1.165) is 13.0 Å². The summed E-state index contributed by atoms with van der Waals surface area (Å²) in [5.41, 5.74) is 6.48. The first-order chi connectivity index (χ1) is 9.88. The lowest BCUT2D eigenvalue weighted by Crippen LogP contribution is -2.41. The molecule has 1 aromatic rings. The summed E-state index contributed by atoms with van der Waals surface area (Å²) in [5.74, 6) is -0.176. The Hall–Kier alpha value is -1.01. The molecule has 0 bridgehead atoms. The van der Waals surface area contributed by atoms with Crippen molar-refractivity contribution in [2.75, 3.05) is 31.2 Å². The van der Waals surface area contributed by atoms with Crippen molar-refractivity contribution in [3.05, 3.63) is 22.2 Å². The largest absolute Gasteiger partial charge is 0.399 e. The first-order valence-corrected chi connectivity index (χ1v) is 7.50. The Morgan fingerprint density at radius 3 is 2.62 bits per heavy atom. The number of carbonyl (C=O) groups is 1. The van der Waals surface area contributed by atoms with E-state index in [9.17, 15) is 4.79 Å². The normalized spacial score (nSPS) is 21.8. The van der Waals surface area contributed by atoms with E-state index in [4.69, 9.17) is 33.7 Å². The van der Waals surface area contributed by atoms with E-state index in [-0.39, 0.29) is 24.6 Å². The number of rotatable bonds is 4. The Morgan fingerprint density at radius 2 is 2.10 bits per heavy atom. The maximum atomic E-state index is 12.1. The van der Waals surface area contributed by atoms with Crippen LogP contribution in [0.1, 0.15) is 13.3 Å². The van der Waals surface area contributed by atoms with Gasteiger partial charge in [-0.15, -0.1) is 0 Å². The number of anilines is 2. The van der Waals surface area contributed by atoms with E-state index < -0.39 is 0 Å². The van der Waals surface area contributed by atoms with Gasteiger partial charge < -0.3 is 15.8 Å². The van der Waals surface area contributed by atoms with E-state index in [1.165, 1.54) is 0 Å². The molecule has 0 aliphatic carbocycles. The number of nitrogens with one attached hydrogen (secondary N) is 1. The number of carbonyl (C=O) groups excluding carboxylic acids is 1. The van der Waals surface area contributed by atoms with Crippen molar-refractivity contribution in [3.63, 3.8) is 0 Å². The van der Waals surface area contributed by atoms with Crippen molar-refractivity contribution >= 4 is 40.5 Å². The lowest BCUT2D eigenvalue weighted by molar-refractivity contribution is -0.117. The summed E-state index contributed by atoms with van der Waals surface area (Å²) in [6.07, 6.45) is 1.06. The number of nitrogen functional groups attached to an aromatic ring is 1. The van der Waals surface area contributed by atoms with Gasteiger partial charge >= 0.3 is 0 Å². The molecular weight excluding hydrogens is 313 g/mol. The van der Waals surface area contributed by atoms with E-state index >= 15 is 0 Å². The van der Waals surface area contributed by atoms with Crippen LogP contribution in [0.25, 0.3) is 0 Å². The fourth-order valence-electron chi connectivity index (χ4n) is 2.53. The summed E-state index contributed by atoms with van der Waals surface area (Å²) in [4.78, 5) is 14.1. The third kappa shape index (κ3) is 4.01. The second-order valence-corrected chi connectivity index (χ2v) is 6.07. The maximum Gasteiger partial charge on any atom is 0.238 e. The zero-order valence-electron chi connectivity index (χ0n) is 12.0. The van der Waals surface area contributed by atoms with Crippen molar-refractivity contribution < 1.29 is 9.53 Å². The van der Waals surface area contributed by atoms with Crippen LogP contribution in [0.4, 0.5) is 11.4 Å². The highest BCUT2D eigenvalue weighted by molar-refractivity contribution is 6.40. The molecule has 0 spiro atoms. The predicted molar refractivity (Wildman–Crippen MR) is 86.0 cm³/mol. The monoisotopic (exact) mass is 331 g/mol. The number of nitrogens with zero attached hydrogens (tertiary/aromatic N) is 1. The number of likely N-dealkylation sites (N-methyl/N-ethyl adjacent to an activating group) is 1. The molecule has 5 nitrogen and oxygen atoms in total. The second kappa shape index (κ2) is 6.83. The molecule has 1 heterocycles. The van der Waals surface area contributed by atoms with Gasteiger partial charge in [0.1, 0.15) is 0 Å². The van der Waals surface area contributed by atoms with Crippen molar-refractivity contribution in [3.8, 4) is 0 Å².